The zero-order valence-electron chi connectivity index (χ0n) is 18.3. The van der Waals surface area contributed by atoms with E-state index in [2.05, 4.69) is 14.9 Å². The maximum atomic E-state index is 13.0. The van der Waals surface area contributed by atoms with Crippen LogP contribution < -0.4 is 10.5 Å². The van der Waals surface area contributed by atoms with Gasteiger partial charge in [0.05, 0.1) is 23.6 Å². The first-order valence-corrected chi connectivity index (χ1v) is 11.9. The summed E-state index contributed by atoms with van der Waals surface area (Å²) >= 11 is 0. The van der Waals surface area contributed by atoms with E-state index in [0.717, 1.165) is 5.69 Å². The number of piperazine rings is 1. The average Bonchev–Trinajstić information content (AvgIpc) is 3.25. The van der Waals surface area contributed by atoms with Crippen LogP contribution in [-0.4, -0.2) is 58.0 Å². The Morgan fingerprint density at radius 3 is 2.26 bits per heavy atom. The summed E-state index contributed by atoms with van der Waals surface area (Å²) in [6, 6.07) is 5.81. The van der Waals surface area contributed by atoms with Gasteiger partial charge in [0.15, 0.2) is 5.03 Å². The van der Waals surface area contributed by atoms with Gasteiger partial charge in [-0.05, 0) is 45.9 Å². The molecule has 1 aromatic carbocycles. The van der Waals surface area contributed by atoms with Crippen LogP contribution in [0.4, 0.5) is 5.69 Å². The number of sulfonamides is 1. The van der Waals surface area contributed by atoms with Gasteiger partial charge in [-0.1, -0.05) is 0 Å². The molecular formula is C21H28N6O3S. The molecule has 1 saturated heterocycles. The molecule has 2 aromatic heterocycles. The summed E-state index contributed by atoms with van der Waals surface area (Å²) in [7, 11) is -3.62. The van der Waals surface area contributed by atoms with E-state index in [9.17, 15) is 13.2 Å². The van der Waals surface area contributed by atoms with Crippen molar-refractivity contribution in [1.82, 2.24) is 23.4 Å². The van der Waals surface area contributed by atoms with E-state index in [4.69, 9.17) is 0 Å². The molecule has 0 saturated carbocycles. The maximum absolute atomic E-state index is 13.0. The summed E-state index contributed by atoms with van der Waals surface area (Å²) in [5.74, 6) is 0. The minimum absolute atomic E-state index is 0.0473. The van der Waals surface area contributed by atoms with Gasteiger partial charge in [-0.2, -0.15) is 4.31 Å². The molecule has 3 heterocycles. The molecule has 3 aromatic rings. The number of hydrogen-bond acceptors (Lipinski definition) is 6. The van der Waals surface area contributed by atoms with Crippen LogP contribution in [0.25, 0.3) is 10.9 Å². The van der Waals surface area contributed by atoms with Crippen molar-refractivity contribution in [3.63, 3.8) is 0 Å². The van der Waals surface area contributed by atoms with Gasteiger partial charge in [-0.3, -0.25) is 9.36 Å². The number of nitrogens with zero attached hydrogens (tertiary/aromatic N) is 6. The van der Waals surface area contributed by atoms with Crippen molar-refractivity contribution < 1.29 is 8.42 Å². The molecule has 166 valence electrons. The summed E-state index contributed by atoms with van der Waals surface area (Å²) in [6.07, 6.45) is 4.73. The monoisotopic (exact) mass is 444 g/mol. The number of aromatic nitrogens is 4. The first-order valence-electron chi connectivity index (χ1n) is 10.5. The van der Waals surface area contributed by atoms with Gasteiger partial charge < -0.3 is 9.47 Å². The summed E-state index contributed by atoms with van der Waals surface area (Å²) in [6.45, 7) is 9.71. The molecule has 0 spiro atoms. The highest BCUT2D eigenvalue weighted by molar-refractivity contribution is 7.89. The Morgan fingerprint density at radius 2 is 1.65 bits per heavy atom. The smallest absolute Gasteiger partial charge is 0.262 e. The van der Waals surface area contributed by atoms with Gasteiger partial charge in [0.2, 0.25) is 0 Å². The molecular weight excluding hydrogens is 416 g/mol. The Bertz CT molecular complexity index is 1250. The summed E-state index contributed by atoms with van der Waals surface area (Å²) in [5.41, 5.74) is 1.53. The van der Waals surface area contributed by atoms with E-state index in [1.54, 1.807) is 34.1 Å². The third-order valence-corrected chi connectivity index (χ3v) is 7.49. The summed E-state index contributed by atoms with van der Waals surface area (Å²) in [5, 5.41) is 0.674. The quantitative estimate of drug-likeness (QED) is 0.599. The summed E-state index contributed by atoms with van der Waals surface area (Å²) in [4.78, 5) is 23.3. The lowest BCUT2D eigenvalue weighted by molar-refractivity contribution is 0.383. The lowest BCUT2D eigenvalue weighted by Gasteiger charge is -2.35. The van der Waals surface area contributed by atoms with Gasteiger partial charge in [0, 0.05) is 50.1 Å². The third kappa shape index (κ3) is 3.97. The van der Waals surface area contributed by atoms with Gasteiger partial charge in [-0.25, -0.2) is 18.4 Å². The molecule has 0 amide bonds. The van der Waals surface area contributed by atoms with Crippen LogP contribution in [0, 0.1) is 0 Å². The number of benzene rings is 1. The van der Waals surface area contributed by atoms with Crippen LogP contribution in [-0.2, 0) is 10.0 Å². The highest BCUT2D eigenvalue weighted by Gasteiger charge is 2.30. The van der Waals surface area contributed by atoms with E-state index >= 15 is 0 Å². The zero-order valence-corrected chi connectivity index (χ0v) is 19.1. The lowest BCUT2D eigenvalue weighted by Crippen LogP contribution is -2.48. The van der Waals surface area contributed by atoms with Crippen LogP contribution >= 0.6 is 0 Å². The fourth-order valence-electron chi connectivity index (χ4n) is 3.74. The van der Waals surface area contributed by atoms with Crippen molar-refractivity contribution in [2.24, 2.45) is 0 Å². The van der Waals surface area contributed by atoms with Crippen molar-refractivity contribution in [2.75, 3.05) is 31.1 Å². The van der Waals surface area contributed by atoms with Crippen molar-refractivity contribution >= 4 is 26.6 Å². The fraction of sp³-hybridized carbons (Fsp3) is 0.476. The minimum Gasteiger partial charge on any atom is -0.369 e. The Morgan fingerprint density at radius 1 is 0.935 bits per heavy atom. The Balaban J connectivity index is 1.51. The lowest BCUT2D eigenvalue weighted by atomic mass is 10.2. The highest BCUT2D eigenvalue weighted by atomic mass is 32.2. The van der Waals surface area contributed by atoms with Crippen molar-refractivity contribution in [3.05, 3.63) is 47.4 Å². The second kappa shape index (κ2) is 8.08. The Kier molecular flexibility index (Phi) is 5.61. The van der Waals surface area contributed by atoms with Crippen molar-refractivity contribution in [1.29, 1.82) is 0 Å². The summed E-state index contributed by atoms with van der Waals surface area (Å²) < 4.78 is 30.8. The molecule has 0 bridgehead atoms. The topological polar surface area (TPSA) is 93.3 Å². The fourth-order valence-corrected chi connectivity index (χ4v) is 5.08. The second-order valence-electron chi connectivity index (χ2n) is 8.40. The number of rotatable bonds is 5. The number of imidazole rings is 1. The molecule has 1 aliphatic rings. The molecule has 0 atom stereocenters. The third-order valence-electron chi connectivity index (χ3n) is 5.71. The van der Waals surface area contributed by atoms with Crippen LogP contribution in [0.3, 0.4) is 0 Å². The Hall–Kier alpha value is -2.72. The van der Waals surface area contributed by atoms with E-state index < -0.39 is 10.0 Å². The first kappa shape index (κ1) is 21.5. The van der Waals surface area contributed by atoms with Crippen LogP contribution in [0.1, 0.15) is 39.8 Å². The van der Waals surface area contributed by atoms with Crippen LogP contribution in [0.2, 0.25) is 0 Å². The van der Waals surface area contributed by atoms with Gasteiger partial charge in [-0.15, -0.1) is 0 Å². The van der Waals surface area contributed by atoms with Gasteiger partial charge >= 0.3 is 0 Å². The van der Waals surface area contributed by atoms with E-state index in [1.165, 1.54) is 4.31 Å². The number of hydrogen-bond donors (Lipinski definition) is 0. The molecule has 0 aliphatic carbocycles. The van der Waals surface area contributed by atoms with Crippen LogP contribution in [0.5, 0.6) is 0 Å². The predicted octanol–water partition coefficient (Wildman–Crippen LogP) is 2.27. The molecule has 0 radical (unpaired) electrons. The molecule has 9 nitrogen and oxygen atoms in total. The number of fused-ring (bicyclic) bond motifs is 1. The van der Waals surface area contributed by atoms with Crippen molar-refractivity contribution in [3.8, 4) is 0 Å². The van der Waals surface area contributed by atoms with Crippen LogP contribution in [0.15, 0.2) is 46.9 Å². The zero-order chi connectivity index (χ0) is 22.3. The van der Waals surface area contributed by atoms with E-state index in [0.29, 0.717) is 37.1 Å². The van der Waals surface area contributed by atoms with Crippen molar-refractivity contribution in [2.45, 2.75) is 44.8 Å². The molecule has 0 unspecified atom stereocenters. The predicted molar refractivity (Wildman–Crippen MR) is 120 cm³/mol. The van der Waals surface area contributed by atoms with Gasteiger partial charge in [0.25, 0.3) is 15.6 Å². The van der Waals surface area contributed by atoms with E-state index in [1.807, 2.05) is 39.8 Å². The standard InChI is InChI=1S/C21H28N6O3S/c1-15(2)25-12-20(23-13-25)31(29,30)26-9-7-24(8-10-26)17-5-6-18-19(11-17)22-14-27(16(3)4)21(18)28/h5-6,11-16H,7-10H2,1-4H3. The molecule has 1 fully saturated rings. The SMILES string of the molecule is CC(C)n1cnc(S(=O)(=O)N2CCN(c3ccc4c(=O)n(C(C)C)cnc4c3)CC2)c1. The van der Waals surface area contributed by atoms with Gasteiger partial charge in [0.1, 0.15) is 0 Å². The molecule has 31 heavy (non-hydrogen) atoms. The normalized spacial score (nSPS) is 16.0. The minimum atomic E-state index is -3.62. The molecule has 0 N–H and O–H groups in total. The average molecular weight is 445 g/mol. The molecule has 4 rings (SSSR count). The molecule has 10 heteroatoms. The highest BCUT2D eigenvalue weighted by Crippen LogP contribution is 2.23. The van der Waals surface area contributed by atoms with E-state index in [-0.39, 0.29) is 22.7 Å². The molecule has 1 aliphatic heterocycles. The number of anilines is 1. The Labute approximate surface area is 182 Å². The largest absolute Gasteiger partial charge is 0.369 e. The second-order valence-corrected chi connectivity index (χ2v) is 10.3. The first-order chi connectivity index (χ1) is 14.7. The maximum Gasteiger partial charge on any atom is 0.262 e.